The van der Waals surface area contributed by atoms with E-state index in [2.05, 4.69) is 45.7 Å². The number of methoxy groups -OCH3 is 1. The van der Waals surface area contributed by atoms with Gasteiger partial charge in [-0.1, -0.05) is 48.5 Å². The molecule has 0 aromatic carbocycles. The number of rotatable bonds is 12. The molecule has 0 radical (unpaired) electrons. The summed E-state index contributed by atoms with van der Waals surface area (Å²) in [7, 11) is -6.82. The molecule has 0 saturated carbocycles. The lowest BCUT2D eigenvalue weighted by atomic mass is 9.75. The number of carbonyl (C=O) groups is 1. The third-order valence-corrected chi connectivity index (χ3v) is 14.6. The number of allylic oxidation sites excluding steroid dienone is 2. The fraction of sp³-hybridized carbons (Fsp3) is 0.720. The molecule has 12 heteroatoms. The number of furan rings is 1. The molecule has 1 aromatic rings. The maximum absolute atomic E-state index is 13.0. The molecule has 0 spiro atoms. The number of esters is 1. The van der Waals surface area contributed by atoms with Crippen LogP contribution in [0.4, 0.5) is 13.2 Å². The number of alkyl halides is 3. The zero-order valence-corrected chi connectivity index (χ0v) is 24.6. The molecular formula is C25H39F3O7SSi. The van der Waals surface area contributed by atoms with Crippen molar-refractivity contribution in [1.29, 1.82) is 0 Å². The summed E-state index contributed by atoms with van der Waals surface area (Å²) in [5.41, 5.74) is -5.75. The van der Waals surface area contributed by atoms with Crippen LogP contribution in [0, 0.1) is 5.41 Å². The van der Waals surface area contributed by atoms with Gasteiger partial charge in [-0.25, -0.2) is 0 Å². The van der Waals surface area contributed by atoms with E-state index in [9.17, 15) is 26.4 Å². The molecule has 37 heavy (non-hydrogen) atoms. The van der Waals surface area contributed by atoms with Crippen LogP contribution in [-0.4, -0.2) is 41.9 Å². The van der Waals surface area contributed by atoms with E-state index in [1.807, 2.05) is 0 Å². The monoisotopic (exact) mass is 568 g/mol. The second-order valence-electron chi connectivity index (χ2n) is 10.7. The predicted octanol–water partition coefficient (Wildman–Crippen LogP) is 6.82. The van der Waals surface area contributed by atoms with E-state index in [1.54, 1.807) is 12.1 Å². The SMILES string of the molecule is COC(=O)C[C@]1(C)C(OS(=O)(=O)C(F)(F)F)=CC[C@H]1c1ccc(CCO[Si](C(C)C)(C(C)C)C(C)C)o1. The van der Waals surface area contributed by atoms with Crippen LogP contribution in [0.5, 0.6) is 0 Å². The van der Waals surface area contributed by atoms with Crippen LogP contribution in [0.3, 0.4) is 0 Å². The van der Waals surface area contributed by atoms with E-state index in [0.29, 0.717) is 41.2 Å². The second kappa shape index (κ2) is 11.5. The molecular weight excluding hydrogens is 529 g/mol. The van der Waals surface area contributed by atoms with Gasteiger partial charge in [0.15, 0.2) is 8.32 Å². The van der Waals surface area contributed by atoms with E-state index in [1.165, 1.54) is 13.0 Å². The van der Waals surface area contributed by atoms with Crippen molar-refractivity contribution < 1.29 is 44.1 Å². The van der Waals surface area contributed by atoms with Gasteiger partial charge in [0, 0.05) is 24.4 Å². The minimum absolute atomic E-state index is 0.129. The van der Waals surface area contributed by atoms with E-state index in [-0.39, 0.29) is 6.42 Å². The second-order valence-corrected chi connectivity index (χ2v) is 17.7. The van der Waals surface area contributed by atoms with Crippen molar-refractivity contribution in [2.75, 3.05) is 13.7 Å². The van der Waals surface area contributed by atoms with Gasteiger partial charge in [0.25, 0.3) is 0 Å². The van der Waals surface area contributed by atoms with Gasteiger partial charge in [0.05, 0.1) is 13.5 Å². The average Bonchev–Trinajstić information content (AvgIpc) is 3.33. The summed E-state index contributed by atoms with van der Waals surface area (Å²) in [5, 5.41) is 0. The zero-order chi connectivity index (χ0) is 28.4. The molecule has 0 N–H and O–H groups in total. The van der Waals surface area contributed by atoms with Crippen LogP contribution in [-0.2, 0) is 34.7 Å². The summed E-state index contributed by atoms with van der Waals surface area (Å²) in [6.45, 7) is 15.1. The fourth-order valence-corrected chi connectivity index (χ4v) is 11.8. The third-order valence-electron chi connectivity index (χ3n) is 7.53. The highest BCUT2D eigenvalue weighted by atomic mass is 32.2. The Morgan fingerprint density at radius 1 is 1.14 bits per heavy atom. The molecule has 0 saturated heterocycles. The summed E-state index contributed by atoms with van der Waals surface area (Å²) in [6.07, 6.45) is 1.50. The van der Waals surface area contributed by atoms with Crippen LogP contribution >= 0.6 is 0 Å². The lowest BCUT2D eigenvalue weighted by molar-refractivity contribution is -0.143. The Morgan fingerprint density at radius 2 is 1.70 bits per heavy atom. The topological polar surface area (TPSA) is 92.0 Å². The molecule has 2 rings (SSSR count). The number of carbonyl (C=O) groups excluding carboxylic acids is 1. The highest BCUT2D eigenvalue weighted by Crippen LogP contribution is 2.53. The zero-order valence-electron chi connectivity index (χ0n) is 22.8. The van der Waals surface area contributed by atoms with Gasteiger partial charge in [-0.05, 0) is 41.3 Å². The normalized spacial score (nSPS) is 21.1. The van der Waals surface area contributed by atoms with Crippen LogP contribution in [0.25, 0.3) is 0 Å². The molecule has 1 aromatic heterocycles. The van der Waals surface area contributed by atoms with E-state index < -0.39 is 53.4 Å². The third kappa shape index (κ3) is 6.44. The molecule has 0 fully saturated rings. The Hall–Kier alpha value is -1.79. The lowest BCUT2D eigenvalue weighted by Gasteiger charge is -2.42. The van der Waals surface area contributed by atoms with E-state index in [4.69, 9.17) is 13.6 Å². The van der Waals surface area contributed by atoms with Gasteiger partial charge in [-0.2, -0.15) is 21.6 Å². The van der Waals surface area contributed by atoms with E-state index in [0.717, 1.165) is 7.11 Å². The molecule has 0 aliphatic heterocycles. The van der Waals surface area contributed by atoms with Crippen molar-refractivity contribution in [3.05, 3.63) is 35.5 Å². The van der Waals surface area contributed by atoms with Crippen molar-refractivity contribution in [2.45, 2.75) is 95.8 Å². The first-order valence-electron chi connectivity index (χ1n) is 12.4. The maximum atomic E-state index is 13.0. The molecule has 0 bridgehead atoms. The smallest absolute Gasteiger partial charge is 0.469 e. The molecule has 1 heterocycles. The average molecular weight is 569 g/mol. The number of hydrogen-bond acceptors (Lipinski definition) is 7. The van der Waals surface area contributed by atoms with E-state index >= 15 is 0 Å². The Balaban J connectivity index is 2.26. The standard InChI is InChI=1S/C25H39F3O7SSi/c1-16(2)37(17(3)4,18(5)6)33-14-13-19-9-11-21(34-19)20-10-12-22(24(20,7)15-23(29)32-8)35-36(30,31)25(26,27)28/h9,11-12,16-18,20H,10,13-15H2,1-8H3/t20-,24-/m0/s1. The predicted molar refractivity (Wildman–Crippen MR) is 136 cm³/mol. The van der Waals surface area contributed by atoms with Crippen molar-refractivity contribution in [2.24, 2.45) is 5.41 Å². The van der Waals surface area contributed by atoms with Crippen molar-refractivity contribution in [1.82, 2.24) is 0 Å². The molecule has 1 aliphatic carbocycles. The Kier molecular flexibility index (Phi) is 9.79. The largest absolute Gasteiger partial charge is 0.534 e. The quantitative estimate of drug-likeness (QED) is 0.118. The minimum atomic E-state index is -5.91. The highest BCUT2D eigenvalue weighted by Gasteiger charge is 2.54. The first kappa shape index (κ1) is 31.4. The number of hydrogen-bond donors (Lipinski definition) is 0. The van der Waals surface area contributed by atoms with Crippen molar-refractivity contribution in [3.63, 3.8) is 0 Å². The Labute approximate surface area is 219 Å². The highest BCUT2D eigenvalue weighted by molar-refractivity contribution is 7.87. The first-order chi connectivity index (χ1) is 16.9. The van der Waals surface area contributed by atoms with Gasteiger partial charge in [-0.15, -0.1) is 0 Å². The number of halogens is 3. The van der Waals surface area contributed by atoms with Crippen LogP contribution in [0.1, 0.15) is 78.7 Å². The first-order valence-corrected chi connectivity index (χ1v) is 16.0. The summed E-state index contributed by atoms with van der Waals surface area (Å²) < 4.78 is 84.2. The molecule has 2 atom stereocenters. The summed E-state index contributed by atoms with van der Waals surface area (Å²) in [4.78, 5) is 12.1. The van der Waals surface area contributed by atoms with Gasteiger partial charge in [-0.3, -0.25) is 4.79 Å². The van der Waals surface area contributed by atoms with Gasteiger partial charge >= 0.3 is 21.6 Å². The van der Waals surface area contributed by atoms with Crippen LogP contribution in [0.2, 0.25) is 16.6 Å². The summed E-state index contributed by atoms with van der Waals surface area (Å²) in [5.74, 6) is -0.753. The Morgan fingerprint density at radius 3 is 2.19 bits per heavy atom. The molecule has 7 nitrogen and oxygen atoms in total. The molecule has 212 valence electrons. The van der Waals surface area contributed by atoms with Crippen LogP contribution in [0.15, 0.2) is 28.4 Å². The lowest BCUT2D eigenvalue weighted by Crippen LogP contribution is -2.48. The molecule has 1 aliphatic rings. The van der Waals surface area contributed by atoms with Gasteiger partial charge < -0.3 is 17.8 Å². The fourth-order valence-electron chi connectivity index (χ4n) is 5.74. The maximum Gasteiger partial charge on any atom is 0.534 e. The molecule has 0 unspecified atom stereocenters. The van der Waals surface area contributed by atoms with Gasteiger partial charge in [0.1, 0.15) is 17.3 Å². The van der Waals surface area contributed by atoms with Crippen molar-refractivity contribution in [3.8, 4) is 0 Å². The molecule has 0 amide bonds. The van der Waals surface area contributed by atoms with Gasteiger partial charge in [0.2, 0.25) is 0 Å². The number of ether oxygens (including phenoxy) is 1. The summed E-state index contributed by atoms with van der Waals surface area (Å²) >= 11 is 0. The minimum Gasteiger partial charge on any atom is -0.469 e. The summed E-state index contributed by atoms with van der Waals surface area (Å²) in [6, 6.07) is 3.47. The Bertz CT molecular complexity index is 1050. The van der Waals surface area contributed by atoms with Crippen molar-refractivity contribution >= 4 is 24.4 Å². The van der Waals surface area contributed by atoms with Crippen LogP contribution < -0.4 is 0 Å².